The van der Waals surface area contributed by atoms with Crippen LogP contribution in [0.5, 0.6) is 5.75 Å². The first kappa shape index (κ1) is 10.5. The van der Waals surface area contributed by atoms with E-state index in [1.807, 2.05) is 0 Å². The predicted octanol–water partition coefficient (Wildman–Crippen LogP) is 1.27. The van der Waals surface area contributed by atoms with Crippen LogP contribution in [0.2, 0.25) is 0 Å². The van der Waals surface area contributed by atoms with E-state index in [-0.39, 0.29) is 11.7 Å². The number of hydrogen-bond acceptors (Lipinski definition) is 3. The Kier molecular flexibility index (Phi) is 2.81. The fourth-order valence-electron chi connectivity index (χ4n) is 1.35. The van der Waals surface area contributed by atoms with E-state index in [0.717, 1.165) is 12.8 Å². The molecule has 1 saturated carbocycles. The third-order valence-corrected chi connectivity index (χ3v) is 2.41. The number of carbonyl (C=O) groups excluding carboxylic acids is 1. The summed E-state index contributed by atoms with van der Waals surface area (Å²) in [6, 6.07) is 4.99. The van der Waals surface area contributed by atoms with Gasteiger partial charge in [0.1, 0.15) is 5.75 Å². The largest absolute Gasteiger partial charge is 0.508 e. The van der Waals surface area contributed by atoms with E-state index in [1.165, 1.54) is 18.2 Å². The van der Waals surface area contributed by atoms with Crippen LogP contribution in [0.3, 0.4) is 0 Å². The number of carbonyl (C=O) groups is 1. The second-order valence-corrected chi connectivity index (χ2v) is 3.93. The van der Waals surface area contributed by atoms with Crippen LogP contribution in [0.1, 0.15) is 18.4 Å². The predicted molar refractivity (Wildman–Crippen MR) is 62.7 cm³/mol. The standard InChI is InChI=1S/C12H14N2O2/c13-11-5-4-10(15)7-8(11)1-6-12(16)14-9-2-3-9/h1,4-7,9,15H,2-3,13H2,(H,14,16)/b6-1+. The number of hydrogen-bond donors (Lipinski definition) is 3. The molecule has 0 radical (unpaired) electrons. The fourth-order valence-corrected chi connectivity index (χ4v) is 1.35. The van der Waals surface area contributed by atoms with Gasteiger partial charge < -0.3 is 16.2 Å². The second kappa shape index (κ2) is 4.26. The molecule has 16 heavy (non-hydrogen) atoms. The number of phenols is 1. The minimum Gasteiger partial charge on any atom is -0.508 e. The van der Waals surface area contributed by atoms with Crippen LogP contribution >= 0.6 is 0 Å². The normalized spacial score (nSPS) is 15.2. The zero-order valence-electron chi connectivity index (χ0n) is 8.81. The van der Waals surface area contributed by atoms with Crippen molar-refractivity contribution in [2.75, 3.05) is 5.73 Å². The molecule has 2 rings (SSSR count). The zero-order chi connectivity index (χ0) is 11.5. The monoisotopic (exact) mass is 218 g/mol. The molecule has 4 N–H and O–H groups in total. The van der Waals surface area contributed by atoms with Gasteiger partial charge in [0.05, 0.1) is 0 Å². The maximum Gasteiger partial charge on any atom is 0.244 e. The van der Waals surface area contributed by atoms with Gasteiger partial charge in [0.2, 0.25) is 5.91 Å². The summed E-state index contributed by atoms with van der Waals surface area (Å²) in [6.07, 6.45) is 5.16. The Labute approximate surface area is 93.8 Å². The third-order valence-electron chi connectivity index (χ3n) is 2.41. The molecule has 1 aromatic rings. The van der Waals surface area contributed by atoms with Crippen LogP contribution in [-0.4, -0.2) is 17.1 Å². The van der Waals surface area contributed by atoms with Crippen molar-refractivity contribution >= 4 is 17.7 Å². The molecule has 4 heteroatoms. The first-order valence-electron chi connectivity index (χ1n) is 5.22. The lowest BCUT2D eigenvalue weighted by atomic mass is 10.1. The van der Waals surface area contributed by atoms with Gasteiger partial charge in [-0.25, -0.2) is 0 Å². The number of amides is 1. The van der Waals surface area contributed by atoms with Crippen molar-refractivity contribution in [3.8, 4) is 5.75 Å². The molecule has 0 unspecified atom stereocenters. The Hall–Kier alpha value is -1.97. The molecule has 4 nitrogen and oxygen atoms in total. The Morgan fingerprint density at radius 2 is 2.25 bits per heavy atom. The van der Waals surface area contributed by atoms with E-state index in [4.69, 9.17) is 5.73 Å². The van der Waals surface area contributed by atoms with E-state index >= 15 is 0 Å². The zero-order valence-corrected chi connectivity index (χ0v) is 8.81. The lowest BCUT2D eigenvalue weighted by Crippen LogP contribution is -2.22. The van der Waals surface area contributed by atoms with Crippen LogP contribution in [-0.2, 0) is 4.79 Å². The molecule has 0 heterocycles. The summed E-state index contributed by atoms with van der Waals surface area (Å²) in [5.74, 6) is 0.0155. The Bertz CT molecular complexity index is 437. The van der Waals surface area contributed by atoms with Crippen molar-refractivity contribution in [1.29, 1.82) is 0 Å². The number of benzene rings is 1. The molecule has 1 aliphatic rings. The summed E-state index contributed by atoms with van der Waals surface area (Å²) >= 11 is 0. The molecule has 0 aliphatic heterocycles. The SMILES string of the molecule is Nc1ccc(O)cc1/C=C/C(=O)NC1CC1. The van der Waals surface area contributed by atoms with Crippen LogP contribution in [0, 0.1) is 0 Å². The minimum atomic E-state index is -0.120. The first-order valence-corrected chi connectivity index (χ1v) is 5.22. The maximum absolute atomic E-state index is 11.4. The van der Waals surface area contributed by atoms with Gasteiger partial charge in [0.25, 0.3) is 0 Å². The van der Waals surface area contributed by atoms with Gasteiger partial charge in [0.15, 0.2) is 0 Å². The van der Waals surface area contributed by atoms with Gasteiger partial charge >= 0.3 is 0 Å². The molecule has 0 aromatic heterocycles. The fraction of sp³-hybridized carbons (Fsp3) is 0.250. The highest BCUT2D eigenvalue weighted by molar-refractivity contribution is 5.93. The average Bonchev–Trinajstić information content (AvgIpc) is 3.03. The topological polar surface area (TPSA) is 75.3 Å². The third kappa shape index (κ3) is 2.76. The molecule has 0 saturated heterocycles. The quantitative estimate of drug-likeness (QED) is 0.406. The van der Waals surface area contributed by atoms with E-state index in [0.29, 0.717) is 17.3 Å². The number of nitrogens with two attached hydrogens (primary N) is 1. The molecule has 1 aromatic carbocycles. The Morgan fingerprint density at radius 1 is 1.50 bits per heavy atom. The average molecular weight is 218 g/mol. The maximum atomic E-state index is 11.4. The highest BCUT2D eigenvalue weighted by Gasteiger charge is 2.21. The van der Waals surface area contributed by atoms with E-state index < -0.39 is 0 Å². The van der Waals surface area contributed by atoms with Crippen LogP contribution in [0.4, 0.5) is 5.69 Å². The summed E-state index contributed by atoms with van der Waals surface area (Å²) < 4.78 is 0. The second-order valence-electron chi connectivity index (χ2n) is 3.93. The molecule has 0 bridgehead atoms. The van der Waals surface area contributed by atoms with Crippen LogP contribution in [0.25, 0.3) is 6.08 Å². The molecule has 1 fully saturated rings. The summed E-state index contributed by atoms with van der Waals surface area (Å²) in [5.41, 5.74) is 6.88. The molecular formula is C12H14N2O2. The number of nitrogen functional groups attached to an aromatic ring is 1. The van der Waals surface area contributed by atoms with Gasteiger partial charge in [-0.3, -0.25) is 4.79 Å². The summed E-state index contributed by atoms with van der Waals surface area (Å²) in [5, 5.41) is 12.1. The number of phenolic OH excluding ortho intramolecular Hbond substituents is 1. The van der Waals surface area contributed by atoms with Crippen LogP contribution < -0.4 is 11.1 Å². The van der Waals surface area contributed by atoms with Crippen LogP contribution in [0.15, 0.2) is 24.3 Å². The van der Waals surface area contributed by atoms with E-state index in [2.05, 4.69) is 5.32 Å². The Balaban J connectivity index is 2.03. The van der Waals surface area contributed by atoms with Gasteiger partial charge in [-0.1, -0.05) is 0 Å². The van der Waals surface area contributed by atoms with Crippen molar-refractivity contribution in [2.24, 2.45) is 0 Å². The summed E-state index contributed by atoms with van der Waals surface area (Å²) in [4.78, 5) is 11.4. The molecule has 1 amide bonds. The number of nitrogens with one attached hydrogen (secondary N) is 1. The van der Waals surface area contributed by atoms with Crippen molar-refractivity contribution in [3.05, 3.63) is 29.8 Å². The van der Waals surface area contributed by atoms with Crippen molar-refractivity contribution in [3.63, 3.8) is 0 Å². The first-order chi connectivity index (χ1) is 7.65. The van der Waals surface area contributed by atoms with Gasteiger partial charge in [0, 0.05) is 23.4 Å². The van der Waals surface area contributed by atoms with E-state index in [9.17, 15) is 9.90 Å². The van der Waals surface area contributed by atoms with Crippen molar-refractivity contribution in [2.45, 2.75) is 18.9 Å². The number of anilines is 1. The lowest BCUT2D eigenvalue weighted by Gasteiger charge is -2.01. The van der Waals surface area contributed by atoms with Crippen molar-refractivity contribution in [1.82, 2.24) is 5.32 Å². The smallest absolute Gasteiger partial charge is 0.244 e. The molecular weight excluding hydrogens is 204 g/mol. The lowest BCUT2D eigenvalue weighted by molar-refractivity contribution is -0.116. The number of rotatable bonds is 3. The van der Waals surface area contributed by atoms with Gasteiger partial charge in [-0.2, -0.15) is 0 Å². The molecule has 0 atom stereocenters. The highest BCUT2D eigenvalue weighted by atomic mass is 16.3. The Morgan fingerprint density at radius 3 is 2.94 bits per heavy atom. The molecule has 1 aliphatic carbocycles. The van der Waals surface area contributed by atoms with E-state index in [1.54, 1.807) is 12.1 Å². The summed E-state index contributed by atoms with van der Waals surface area (Å²) in [7, 11) is 0. The molecule has 0 spiro atoms. The van der Waals surface area contributed by atoms with Crippen molar-refractivity contribution < 1.29 is 9.90 Å². The van der Waals surface area contributed by atoms with Gasteiger partial charge in [-0.05, 0) is 37.1 Å². The highest BCUT2D eigenvalue weighted by Crippen LogP contribution is 2.20. The number of aromatic hydroxyl groups is 1. The minimum absolute atomic E-state index is 0.120. The van der Waals surface area contributed by atoms with Gasteiger partial charge in [-0.15, -0.1) is 0 Å². The molecule has 84 valence electrons. The summed E-state index contributed by atoms with van der Waals surface area (Å²) in [6.45, 7) is 0.